The number of methoxy groups -OCH3 is 2. The topological polar surface area (TPSA) is 82.5 Å². The quantitative estimate of drug-likeness (QED) is 0.496. The number of anilines is 1. The van der Waals surface area contributed by atoms with Gasteiger partial charge in [0.15, 0.2) is 11.5 Å². The lowest BCUT2D eigenvalue weighted by Gasteiger charge is -2.11. The molecule has 0 spiro atoms. The van der Waals surface area contributed by atoms with E-state index in [9.17, 15) is 9.59 Å². The van der Waals surface area contributed by atoms with Crippen molar-refractivity contribution in [3.8, 4) is 11.5 Å². The van der Waals surface area contributed by atoms with E-state index >= 15 is 0 Å². The molecule has 2 aromatic heterocycles. The summed E-state index contributed by atoms with van der Waals surface area (Å²) < 4.78 is 12.4. The van der Waals surface area contributed by atoms with E-state index in [0.29, 0.717) is 38.8 Å². The van der Waals surface area contributed by atoms with Gasteiger partial charge in [0.05, 0.1) is 35.5 Å². The fraction of sp³-hybridized carbons (Fsp3) is 0.261. The molecule has 8 heteroatoms. The first-order chi connectivity index (χ1) is 14.8. The number of benzene rings is 2. The second kappa shape index (κ2) is 8.03. The summed E-state index contributed by atoms with van der Waals surface area (Å²) in [6.07, 6.45) is 0. The average molecular weight is 438 g/mol. The van der Waals surface area contributed by atoms with Gasteiger partial charge in [-0.2, -0.15) is 0 Å². The molecule has 160 valence electrons. The van der Waals surface area contributed by atoms with E-state index in [1.807, 2.05) is 25.2 Å². The van der Waals surface area contributed by atoms with Gasteiger partial charge in [0.1, 0.15) is 5.82 Å². The summed E-state index contributed by atoms with van der Waals surface area (Å²) in [5.74, 6) is 1.77. The minimum absolute atomic E-state index is 0.264. The number of ether oxygens (including phenoxy) is 2. The van der Waals surface area contributed by atoms with E-state index in [1.165, 1.54) is 14.2 Å². The molecule has 0 fully saturated rings. The van der Waals surface area contributed by atoms with Gasteiger partial charge >= 0.3 is 0 Å². The molecule has 7 nitrogen and oxygen atoms in total. The smallest absolute Gasteiger partial charge is 0.265 e. The summed E-state index contributed by atoms with van der Waals surface area (Å²) in [4.78, 5) is 30.7. The molecule has 2 aromatic carbocycles. The first-order valence-electron chi connectivity index (χ1n) is 9.80. The van der Waals surface area contributed by atoms with Crippen molar-refractivity contribution in [2.24, 2.45) is 7.05 Å². The molecule has 0 atom stereocenters. The molecule has 0 saturated heterocycles. The van der Waals surface area contributed by atoms with Gasteiger partial charge in [0.2, 0.25) is 4.74 Å². The van der Waals surface area contributed by atoms with E-state index in [1.54, 1.807) is 18.2 Å². The minimum Gasteiger partial charge on any atom is -0.493 e. The van der Waals surface area contributed by atoms with E-state index < -0.39 is 0 Å². The maximum absolute atomic E-state index is 12.9. The van der Waals surface area contributed by atoms with Crippen LogP contribution in [0.25, 0.3) is 21.8 Å². The lowest BCUT2D eigenvalue weighted by molar-refractivity contribution is 0.103. The summed E-state index contributed by atoms with van der Waals surface area (Å²) in [6, 6.07) is 10.8. The molecule has 4 rings (SSSR count). The molecule has 31 heavy (non-hydrogen) atoms. The Kier molecular flexibility index (Phi) is 5.41. The van der Waals surface area contributed by atoms with Crippen molar-refractivity contribution in [3.05, 3.63) is 56.6 Å². The van der Waals surface area contributed by atoms with Gasteiger partial charge < -0.3 is 19.4 Å². The number of carbonyl (C=O) groups excluding carboxylic acids is 1. The minimum atomic E-state index is -0.349. The first-order valence-corrected chi connectivity index (χ1v) is 10.6. The van der Waals surface area contributed by atoms with Crippen LogP contribution < -0.4 is 19.5 Å². The van der Waals surface area contributed by atoms with Gasteiger partial charge in [0.25, 0.3) is 5.91 Å². The highest BCUT2D eigenvalue weighted by Crippen LogP contribution is 2.34. The third-order valence-electron chi connectivity index (χ3n) is 5.18. The number of hydrogen-bond acceptors (Lipinski definition) is 6. The Morgan fingerprint density at radius 3 is 2.58 bits per heavy atom. The summed E-state index contributed by atoms with van der Waals surface area (Å²) in [7, 11) is 4.99. The lowest BCUT2D eigenvalue weighted by atomic mass is 10.1. The molecule has 0 radical (unpaired) electrons. The van der Waals surface area contributed by atoms with Crippen molar-refractivity contribution in [1.82, 2.24) is 9.55 Å². The van der Waals surface area contributed by atoms with Gasteiger partial charge in [-0.25, -0.2) is 4.98 Å². The Hall–Kier alpha value is -3.39. The monoisotopic (exact) mass is 437 g/mol. The number of rotatable bonds is 5. The zero-order valence-corrected chi connectivity index (χ0v) is 18.8. The van der Waals surface area contributed by atoms with Crippen LogP contribution in [0.4, 0.5) is 5.69 Å². The number of amides is 1. The number of aryl methyl sites for hydroxylation is 1. The van der Waals surface area contributed by atoms with Crippen LogP contribution in [0.5, 0.6) is 11.5 Å². The molecule has 4 aromatic rings. The summed E-state index contributed by atoms with van der Waals surface area (Å²) in [6.45, 7) is 4.19. The van der Waals surface area contributed by atoms with Crippen molar-refractivity contribution < 1.29 is 14.3 Å². The average Bonchev–Trinajstić information content (AvgIpc) is 3.08. The predicted molar refractivity (Wildman–Crippen MR) is 124 cm³/mol. The maximum atomic E-state index is 12.9. The highest BCUT2D eigenvalue weighted by Gasteiger charge is 2.17. The highest BCUT2D eigenvalue weighted by atomic mass is 32.1. The van der Waals surface area contributed by atoms with E-state index in [2.05, 4.69) is 28.7 Å². The van der Waals surface area contributed by atoms with Gasteiger partial charge in [0, 0.05) is 18.7 Å². The number of aromatic nitrogens is 2. The zero-order chi connectivity index (χ0) is 22.3. The van der Waals surface area contributed by atoms with Crippen LogP contribution >= 0.6 is 11.3 Å². The Morgan fingerprint density at radius 1 is 1.13 bits per heavy atom. The van der Waals surface area contributed by atoms with Crippen molar-refractivity contribution in [2.45, 2.75) is 19.8 Å². The number of nitrogens with zero attached hydrogens (tertiary/aromatic N) is 2. The number of fused-ring (bicyclic) bond motifs is 2. The van der Waals surface area contributed by atoms with E-state index in [0.717, 1.165) is 28.2 Å². The summed E-state index contributed by atoms with van der Waals surface area (Å²) in [5, 5.41) is 3.90. The predicted octanol–water partition coefficient (Wildman–Crippen LogP) is 4.54. The molecule has 0 unspecified atom stereocenters. The maximum Gasteiger partial charge on any atom is 0.265 e. The summed E-state index contributed by atoms with van der Waals surface area (Å²) >= 11 is 0.874. The van der Waals surface area contributed by atoms with Crippen LogP contribution in [-0.2, 0) is 7.05 Å². The van der Waals surface area contributed by atoms with Crippen LogP contribution in [0.1, 0.15) is 35.3 Å². The van der Waals surface area contributed by atoms with Crippen LogP contribution in [0, 0.1) is 0 Å². The van der Waals surface area contributed by atoms with Crippen LogP contribution in [0.2, 0.25) is 0 Å². The summed E-state index contributed by atoms with van der Waals surface area (Å²) in [5.41, 5.74) is 2.43. The molecular weight excluding hydrogens is 414 g/mol. The molecule has 1 N–H and O–H groups in total. The largest absolute Gasteiger partial charge is 0.493 e. The third kappa shape index (κ3) is 3.63. The van der Waals surface area contributed by atoms with Crippen LogP contribution in [0.15, 0.2) is 41.2 Å². The second-order valence-electron chi connectivity index (χ2n) is 7.50. The van der Waals surface area contributed by atoms with Crippen molar-refractivity contribution in [3.63, 3.8) is 0 Å². The molecule has 1 amide bonds. The van der Waals surface area contributed by atoms with Crippen LogP contribution in [0.3, 0.4) is 0 Å². The van der Waals surface area contributed by atoms with Crippen molar-refractivity contribution >= 4 is 44.7 Å². The van der Waals surface area contributed by atoms with Gasteiger partial charge in [-0.1, -0.05) is 31.3 Å². The molecular formula is C23H23N3O4S. The number of nitrogens with one attached hydrogen (secondary N) is 1. The zero-order valence-electron chi connectivity index (χ0n) is 18.0. The lowest BCUT2D eigenvalue weighted by Crippen LogP contribution is -2.13. The SMILES string of the molecule is COc1ccc2cc(C(=O)Nc3ccc4c(c3)nc(C(C)C)n4C)sc(=O)c2c1OC. The molecule has 0 aliphatic carbocycles. The highest BCUT2D eigenvalue weighted by molar-refractivity contribution is 7.12. The van der Waals surface area contributed by atoms with Gasteiger partial charge in [-0.15, -0.1) is 0 Å². The Balaban J connectivity index is 1.69. The molecule has 0 aliphatic rings. The number of imidazole rings is 1. The molecule has 0 aliphatic heterocycles. The normalized spacial score (nSPS) is 11.3. The Morgan fingerprint density at radius 2 is 1.90 bits per heavy atom. The van der Waals surface area contributed by atoms with Gasteiger partial charge in [-0.3, -0.25) is 9.59 Å². The molecule has 0 saturated carbocycles. The number of hydrogen-bond donors (Lipinski definition) is 1. The van der Waals surface area contributed by atoms with Crippen molar-refractivity contribution in [1.29, 1.82) is 0 Å². The molecule has 0 bridgehead atoms. The first kappa shape index (κ1) is 20.9. The number of carbonyl (C=O) groups is 1. The fourth-order valence-corrected chi connectivity index (χ4v) is 4.55. The Bertz CT molecular complexity index is 1370. The molecule has 2 heterocycles. The Labute approximate surface area is 183 Å². The third-order valence-corrected chi connectivity index (χ3v) is 6.10. The standard InChI is InChI=1S/C23H23N3O4S/c1-12(2)21-25-15-11-14(7-8-16(15)26(21)3)24-22(27)18-10-13-6-9-17(29-4)20(30-5)19(13)23(28)31-18/h6-12H,1-5H3,(H,24,27). The fourth-order valence-electron chi connectivity index (χ4n) is 3.71. The second-order valence-corrected chi connectivity index (χ2v) is 8.52. The van der Waals surface area contributed by atoms with Crippen molar-refractivity contribution in [2.75, 3.05) is 19.5 Å². The van der Waals surface area contributed by atoms with E-state index in [4.69, 9.17) is 9.47 Å². The van der Waals surface area contributed by atoms with Crippen LogP contribution in [-0.4, -0.2) is 29.7 Å². The van der Waals surface area contributed by atoms with Gasteiger partial charge in [-0.05, 0) is 35.7 Å². The van der Waals surface area contributed by atoms with E-state index in [-0.39, 0.29) is 10.6 Å².